The Morgan fingerprint density at radius 2 is 1.90 bits per heavy atom. The molecule has 0 fully saturated rings. The second kappa shape index (κ2) is 9.60. The molecule has 3 rings (SSSR count). The van der Waals surface area contributed by atoms with Crippen molar-refractivity contribution in [2.45, 2.75) is 26.8 Å². The number of carbonyl (C=O) groups is 2. The van der Waals surface area contributed by atoms with Crippen LogP contribution in [0.15, 0.2) is 59.7 Å². The number of pyridine rings is 1. The monoisotopic (exact) mass is 406 g/mol. The number of aryl methyl sites for hydroxylation is 1. The average molecular weight is 406 g/mol. The number of nitrogens with one attached hydrogen (secondary N) is 1. The SMILES string of the molecule is CCn1nc(C(=O)OCCc2ccccc2)c(C(C)=O)c(Nc2cccnc2)c1=O. The number of hydrogen-bond donors (Lipinski definition) is 1. The van der Waals surface area contributed by atoms with E-state index in [4.69, 9.17) is 4.74 Å². The Labute approximate surface area is 173 Å². The lowest BCUT2D eigenvalue weighted by Crippen LogP contribution is -2.31. The van der Waals surface area contributed by atoms with E-state index in [1.807, 2.05) is 30.3 Å². The van der Waals surface area contributed by atoms with Crippen molar-refractivity contribution in [2.24, 2.45) is 0 Å². The predicted molar refractivity (Wildman–Crippen MR) is 112 cm³/mol. The number of aromatic nitrogens is 3. The van der Waals surface area contributed by atoms with Crippen LogP contribution in [0.5, 0.6) is 0 Å². The highest BCUT2D eigenvalue weighted by Gasteiger charge is 2.26. The van der Waals surface area contributed by atoms with Crippen molar-refractivity contribution in [1.29, 1.82) is 0 Å². The molecular weight excluding hydrogens is 384 g/mol. The smallest absolute Gasteiger partial charge is 0.359 e. The first-order valence-electron chi connectivity index (χ1n) is 9.55. The molecule has 1 N–H and O–H groups in total. The minimum atomic E-state index is -0.757. The third kappa shape index (κ3) is 4.78. The minimum Gasteiger partial charge on any atom is -0.461 e. The molecule has 2 aromatic heterocycles. The molecule has 0 saturated carbocycles. The topological polar surface area (TPSA) is 103 Å². The van der Waals surface area contributed by atoms with Gasteiger partial charge in [0.05, 0.1) is 24.1 Å². The molecule has 0 aliphatic rings. The maximum Gasteiger partial charge on any atom is 0.359 e. The van der Waals surface area contributed by atoms with Gasteiger partial charge >= 0.3 is 5.97 Å². The first kappa shape index (κ1) is 20.9. The first-order valence-corrected chi connectivity index (χ1v) is 9.55. The van der Waals surface area contributed by atoms with Crippen molar-refractivity contribution < 1.29 is 14.3 Å². The summed E-state index contributed by atoms with van der Waals surface area (Å²) in [6.45, 7) is 3.35. The Kier molecular flexibility index (Phi) is 6.69. The quantitative estimate of drug-likeness (QED) is 0.453. The summed E-state index contributed by atoms with van der Waals surface area (Å²) in [4.78, 5) is 41.9. The number of rotatable bonds is 8. The number of ether oxygens (including phenoxy) is 1. The van der Waals surface area contributed by atoms with Crippen LogP contribution in [0.25, 0.3) is 0 Å². The van der Waals surface area contributed by atoms with E-state index < -0.39 is 17.3 Å². The molecule has 0 aliphatic carbocycles. The van der Waals surface area contributed by atoms with Crippen LogP contribution < -0.4 is 10.9 Å². The van der Waals surface area contributed by atoms with E-state index in [9.17, 15) is 14.4 Å². The second-order valence-electron chi connectivity index (χ2n) is 6.51. The third-order valence-electron chi connectivity index (χ3n) is 4.40. The van der Waals surface area contributed by atoms with Crippen LogP contribution in [0, 0.1) is 0 Å². The molecule has 0 atom stereocenters. The van der Waals surface area contributed by atoms with Crippen LogP contribution in [-0.2, 0) is 17.7 Å². The van der Waals surface area contributed by atoms with Gasteiger partial charge in [0.25, 0.3) is 5.56 Å². The van der Waals surface area contributed by atoms with Crippen molar-refractivity contribution in [3.63, 3.8) is 0 Å². The summed E-state index contributed by atoms with van der Waals surface area (Å²) in [5, 5.41) is 7.00. The summed E-state index contributed by atoms with van der Waals surface area (Å²) in [6, 6.07) is 13.0. The second-order valence-corrected chi connectivity index (χ2v) is 6.51. The maximum atomic E-state index is 12.8. The van der Waals surface area contributed by atoms with Gasteiger partial charge in [-0.05, 0) is 31.5 Å². The summed E-state index contributed by atoms with van der Waals surface area (Å²) in [5.74, 6) is -1.23. The highest BCUT2D eigenvalue weighted by atomic mass is 16.5. The van der Waals surface area contributed by atoms with E-state index in [0.29, 0.717) is 12.1 Å². The molecule has 8 heteroatoms. The van der Waals surface area contributed by atoms with E-state index >= 15 is 0 Å². The maximum absolute atomic E-state index is 12.8. The number of nitrogens with zero attached hydrogens (tertiary/aromatic N) is 3. The fourth-order valence-corrected chi connectivity index (χ4v) is 2.94. The average Bonchev–Trinajstić information content (AvgIpc) is 2.76. The highest BCUT2D eigenvalue weighted by molar-refractivity contribution is 6.08. The zero-order chi connectivity index (χ0) is 21.5. The molecule has 30 heavy (non-hydrogen) atoms. The molecule has 0 bridgehead atoms. The standard InChI is InChI=1S/C22H22N4O4/c1-3-26-21(28)19(24-17-10-7-12-23-14-17)18(15(2)27)20(25-26)22(29)30-13-11-16-8-5-4-6-9-16/h4-10,12,14,24H,3,11,13H2,1-2H3. The Morgan fingerprint density at radius 3 is 2.53 bits per heavy atom. The highest BCUT2D eigenvalue weighted by Crippen LogP contribution is 2.20. The summed E-state index contributed by atoms with van der Waals surface area (Å²) >= 11 is 0. The molecule has 0 unspecified atom stereocenters. The molecule has 8 nitrogen and oxygen atoms in total. The number of Topliss-reactive ketones (excluding diaryl/α,β-unsaturated/α-hetero) is 1. The van der Waals surface area contributed by atoms with E-state index in [0.717, 1.165) is 10.2 Å². The summed E-state index contributed by atoms with van der Waals surface area (Å²) in [5.41, 5.74) is 0.702. The Bertz CT molecular complexity index is 1100. The van der Waals surface area contributed by atoms with Crippen molar-refractivity contribution in [1.82, 2.24) is 14.8 Å². The number of ketones is 1. The Balaban J connectivity index is 1.94. The van der Waals surface area contributed by atoms with E-state index in [2.05, 4.69) is 15.4 Å². The van der Waals surface area contributed by atoms with Crippen molar-refractivity contribution >= 4 is 23.1 Å². The van der Waals surface area contributed by atoms with Gasteiger partial charge in [-0.2, -0.15) is 5.10 Å². The molecule has 154 valence electrons. The van der Waals surface area contributed by atoms with Crippen molar-refractivity contribution in [2.75, 3.05) is 11.9 Å². The van der Waals surface area contributed by atoms with Crippen molar-refractivity contribution in [3.05, 3.63) is 82.0 Å². The van der Waals surface area contributed by atoms with Gasteiger partial charge in [-0.1, -0.05) is 30.3 Å². The normalized spacial score (nSPS) is 10.5. The predicted octanol–water partition coefficient (Wildman–Crippen LogP) is 3.00. The number of esters is 1. The van der Waals surface area contributed by atoms with Gasteiger partial charge < -0.3 is 10.1 Å². The zero-order valence-electron chi connectivity index (χ0n) is 16.8. The van der Waals surface area contributed by atoms with Gasteiger partial charge in [0.2, 0.25) is 0 Å². The van der Waals surface area contributed by atoms with Gasteiger partial charge in [0.1, 0.15) is 5.69 Å². The first-order chi connectivity index (χ1) is 14.5. The summed E-state index contributed by atoms with van der Waals surface area (Å²) in [6.07, 6.45) is 3.62. The molecule has 0 aliphatic heterocycles. The lowest BCUT2D eigenvalue weighted by atomic mass is 10.1. The largest absolute Gasteiger partial charge is 0.461 e. The third-order valence-corrected chi connectivity index (χ3v) is 4.40. The fraction of sp³-hybridized carbons (Fsp3) is 0.227. The Morgan fingerprint density at radius 1 is 1.13 bits per heavy atom. The molecule has 0 radical (unpaired) electrons. The van der Waals surface area contributed by atoms with Crippen LogP contribution in [0.1, 0.15) is 40.3 Å². The van der Waals surface area contributed by atoms with Gasteiger partial charge in [0, 0.05) is 19.2 Å². The molecule has 0 amide bonds. The summed E-state index contributed by atoms with van der Waals surface area (Å²) in [7, 11) is 0. The molecule has 0 saturated heterocycles. The van der Waals surface area contributed by atoms with Crippen LogP contribution >= 0.6 is 0 Å². The zero-order valence-corrected chi connectivity index (χ0v) is 16.8. The number of carbonyl (C=O) groups excluding carboxylic acids is 2. The van der Waals surface area contributed by atoms with Gasteiger partial charge in [-0.3, -0.25) is 14.6 Å². The van der Waals surface area contributed by atoms with E-state index in [1.165, 1.54) is 13.1 Å². The van der Waals surface area contributed by atoms with Crippen LogP contribution in [0.4, 0.5) is 11.4 Å². The molecule has 3 aromatic rings. The number of anilines is 2. The van der Waals surface area contributed by atoms with Crippen LogP contribution in [0.3, 0.4) is 0 Å². The van der Waals surface area contributed by atoms with E-state index in [-0.39, 0.29) is 30.1 Å². The molecule has 0 spiro atoms. The van der Waals surface area contributed by atoms with E-state index in [1.54, 1.807) is 25.3 Å². The van der Waals surface area contributed by atoms with Crippen LogP contribution in [-0.4, -0.2) is 33.1 Å². The lowest BCUT2D eigenvalue weighted by Gasteiger charge is -2.15. The number of benzene rings is 1. The molecule has 1 aromatic carbocycles. The van der Waals surface area contributed by atoms with Gasteiger partial charge in [-0.25, -0.2) is 9.48 Å². The van der Waals surface area contributed by atoms with Gasteiger partial charge in [0.15, 0.2) is 11.5 Å². The molecule has 2 heterocycles. The lowest BCUT2D eigenvalue weighted by molar-refractivity contribution is 0.0496. The van der Waals surface area contributed by atoms with Gasteiger partial charge in [-0.15, -0.1) is 0 Å². The summed E-state index contributed by atoms with van der Waals surface area (Å²) < 4.78 is 6.48. The fourth-order valence-electron chi connectivity index (χ4n) is 2.94. The van der Waals surface area contributed by atoms with Crippen LogP contribution in [0.2, 0.25) is 0 Å². The van der Waals surface area contributed by atoms with Crippen molar-refractivity contribution in [3.8, 4) is 0 Å². The molecular formula is C22H22N4O4. The minimum absolute atomic E-state index is 0.0256. The number of hydrogen-bond acceptors (Lipinski definition) is 7. The Hall–Kier alpha value is -3.81.